The van der Waals surface area contributed by atoms with Crippen LogP contribution in [-0.4, -0.2) is 30.8 Å². The Morgan fingerprint density at radius 2 is 1.73 bits per heavy atom. The van der Waals surface area contributed by atoms with Gasteiger partial charge in [-0.1, -0.05) is 20.8 Å². The Balaban J connectivity index is 3.84. The molecule has 15 heavy (non-hydrogen) atoms. The highest BCUT2D eigenvalue weighted by atomic mass is 32.3. The first-order valence-corrected chi connectivity index (χ1v) is 6.38. The van der Waals surface area contributed by atoms with Gasteiger partial charge in [-0.15, -0.1) is 0 Å². The van der Waals surface area contributed by atoms with Crippen LogP contribution in [0.2, 0.25) is 0 Å². The van der Waals surface area contributed by atoms with Gasteiger partial charge in [0.2, 0.25) is 0 Å². The maximum Gasteiger partial charge on any atom is 0.397 e. The predicted octanol–water partition coefficient (Wildman–Crippen LogP) is 1.24. The van der Waals surface area contributed by atoms with Crippen molar-refractivity contribution in [1.29, 1.82) is 0 Å². The van der Waals surface area contributed by atoms with Crippen molar-refractivity contribution < 1.29 is 22.3 Å². The van der Waals surface area contributed by atoms with Crippen LogP contribution >= 0.6 is 0 Å². The highest BCUT2D eigenvalue weighted by Gasteiger charge is 2.17. The van der Waals surface area contributed by atoms with Crippen molar-refractivity contribution in [2.45, 2.75) is 39.7 Å². The van der Waals surface area contributed by atoms with Gasteiger partial charge in [0.05, 0.1) is 12.7 Å². The van der Waals surface area contributed by atoms with Crippen molar-refractivity contribution >= 4 is 10.4 Å². The first kappa shape index (κ1) is 14.8. The van der Waals surface area contributed by atoms with E-state index >= 15 is 0 Å². The molecule has 0 bridgehead atoms. The summed E-state index contributed by atoms with van der Waals surface area (Å²) in [6.45, 7) is 5.58. The van der Waals surface area contributed by atoms with Crippen LogP contribution in [0.1, 0.15) is 33.6 Å². The quantitative estimate of drug-likeness (QED) is 0.654. The maximum absolute atomic E-state index is 10.3. The molecule has 2 N–H and O–H groups in total. The van der Waals surface area contributed by atoms with E-state index in [0.29, 0.717) is 12.3 Å². The number of rotatable bonds is 7. The number of aliphatic hydroxyl groups is 1. The summed E-state index contributed by atoms with van der Waals surface area (Å²) in [5.74, 6) is 0.181. The Kier molecular flexibility index (Phi) is 6.35. The lowest BCUT2D eigenvalue weighted by Crippen LogP contribution is -2.24. The van der Waals surface area contributed by atoms with E-state index in [-0.39, 0.29) is 12.5 Å². The van der Waals surface area contributed by atoms with Gasteiger partial charge in [-0.3, -0.25) is 4.55 Å². The van der Waals surface area contributed by atoms with Crippen LogP contribution in [0.4, 0.5) is 0 Å². The summed E-state index contributed by atoms with van der Waals surface area (Å²) in [6.07, 6.45) is 0.875. The van der Waals surface area contributed by atoms with Gasteiger partial charge in [0.25, 0.3) is 0 Å². The third-order valence-electron chi connectivity index (χ3n) is 2.18. The first-order chi connectivity index (χ1) is 6.72. The average molecular weight is 240 g/mol. The molecule has 5 nitrogen and oxygen atoms in total. The molecule has 0 aliphatic carbocycles. The van der Waals surface area contributed by atoms with Crippen molar-refractivity contribution in [2.75, 3.05) is 6.61 Å². The summed E-state index contributed by atoms with van der Waals surface area (Å²) in [5, 5.41) is 9.61. The van der Waals surface area contributed by atoms with E-state index in [1.807, 2.05) is 13.8 Å². The average Bonchev–Trinajstić information content (AvgIpc) is 2.08. The smallest absolute Gasteiger partial charge is 0.393 e. The van der Waals surface area contributed by atoms with Crippen LogP contribution in [0.25, 0.3) is 0 Å². The van der Waals surface area contributed by atoms with E-state index in [0.717, 1.165) is 6.42 Å². The van der Waals surface area contributed by atoms with Crippen LogP contribution in [0.3, 0.4) is 0 Å². The highest BCUT2D eigenvalue weighted by Crippen LogP contribution is 2.14. The van der Waals surface area contributed by atoms with Gasteiger partial charge in [0.15, 0.2) is 0 Å². The first-order valence-electron chi connectivity index (χ1n) is 5.02. The van der Waals surface area contributed by atoms with Gasteiger partial charge >= 0.3 is 10.4 Å². The molecule has 0 aliphatic rings. The topological polar surface area (TPSA) is 83.8 Å². The molecule has 6 heteroatoms. The Bertz CT molecular complexity index is 260. The fourth-order valence-electron chi connectivity index (χ4n) is 1.09. The number of hydrogen-bond acceptors (Lipinski definition) is 4. The maximum atomic E-state index is 10.3. The van der Waals surface area contributed by atoms with Crippen molar-refractivity contribution in [3.8, 4) is 0 Å². The van der Waals surface area contributed by atoms with Crippen LogP contribution < -0.4 is 0 Å². The van der Waals surface area contributed by atoms with Crippen LogP contribution in [0, 0.1) is 11.8 Å². The fourth-order valence-corrected chi connectivity index (χ4v) is 1.48. The molecule has 0 rings (SSSR count). The molecule has 0 aromatic rings. The summed E-state index contributed by atoms with van der Waals surface area (Å²) in [6, 6.07) is 0. The minimum absolute atomic E-state index is 0.196. The third-order valence-corrected chi connectivity index (χ3v) is 2.61. The molecular weight excluding hydrogens is 220 g/mol. The van der Waals surface area contributed by atoms with Crippen LogP contribution in [-0.2, 0) is 14.6 Å². The minimum atomic E-state index is -4.40. The zero-order chi connectivity index (χ0) is 12.1. The predicted molar refractivity (Wildman–Crippen MR) is 56.7 cm³/mol. The molecular formula is C9H20O5S. The second-order valence-corrected chi connectivity index (χ2v) is 5.32. The molecule has 92 valence electrons. The summed E-state index contributed by atoms with van der Waals surface area (Å²) < 4.78 is 33.1. The molecule has 0 aromatic carbocycles. The molecule has 0 spiro atoms. The fraction of sp³-hybridized carbons (Fsp3) is 1.00. The van der Waals surface area contributed by atoms with Crippen LogP contribution in [0.15, 0.2) is 0 Å². The number of aliphatic hydroxyl groups excluding tert-OH is 1. The molecule has 0 saturated heterocycles. The second kappa shape index (κ2) is 6.42. The second-order valence-electron chi connectivity index (χ2n) is 4.23. The Morgan fingerprint density at radius 1 is 1.20 bits per heavy atom. The zero-order valence-electron chi connectivity index (χ0n) is 9.38. The van der Waals surface area contributed by atoms with E-state index in [1.165, 1.54) is 0 Å². The van der Waals surface area contributed by atoms with Gasteiger partial charge in [0, 0.05) is 5.92 Å². The van der Waals surface area contributed by atoms with Gasteiger partial charge in [-0.25, -0.2) is 4.18 Å². The standard InChI is InChI=1S/C9H20O5S/c1-7(2)4-5-9(10)8(3)6-14-15(11,12)13/h7-10H,4-6H2,1-3H3,(H,11,12,13). The Labute approximate surface area is 91.4 Å². The van der Waals surface area contributed by atoms with Gasteiger partial charge in [0.1, 0.15) is 0 Å². The summed E-state index contributed by atoms with van der Waals surface area (Å²) in [5.41, 5.74) is 0. The molecule has 0 fully saturated rings. The monoisotopic (exact) mass is 240 g/mol. The molecule has 0 heterocycles. The van der Waals surface area contributed by atoms with E-state index < -0.39 is 16.5 Å². The molecule has 0 saturated carbocycles. The van der Waals surface area contributed by atoms with E-state index in [2.05, 4.69) is 4.18 Å². The largest absolute Gasteiger partial charge is 0.397 e. The lowest BCUT2D eigenvalue weighted by Gasteiger charge is -2.18. The van der Waals surface area contributed by atoms with Crippen molar-refractivity contribution in [3.05, 3.63) is 0 Å². The minimum Gasteiger partial charge on any atom is -0.393 e. The lowest BCUT2D eigenvalue weighted by molar-refractivity contribution is 0.0714. The van der Waals surface area contributed by atoms with E-state index in [9.17, 15) is 13.5 Å². The van der Waals surface area contributed by atoms with Crippen LogP contribution in [0.5, 0.6) is 0 Å². The van der Waals surface area contributed by atoms with E-state index in [1.54, 1.807) is 6.92 Å². The van der Waals surface area contributed by atoms with Gasteiger partial charge in [-0.2, -0.15) is 8.42 Å². The molecule has 2 unspecified atom stereocenters. The Morgan fingerprint density at radius 3 is 2.13 bits per heavy atom. The zero-order valence-corrected chi connectivity index (χ0v) is 10.2. The molecule has 0 aromatic heterocycles. The van der Waals surface area contributed by atoms with Gasteiger partial charge in [-0.05, 0) is 18.8 Å². The third kappa shape index (κ3) is 8.80. The molecule has 2 atom stereocenters. The molecule has 0 radical (unpaired) electrons. The SMILES string of the molecule is CC(C)CCC(O)C(C)COS(=O)(=O)O. The summed E-state index contributed by atoms with van der Waals surface area (Å²) >= 11 is 0. The van der Waals surface area contributed by atoms with Crippen molar-refractivity contribution in [1.82, 2.24) is 0 Å². The molecule has 0 aliphatic heterocycles. The van der Waals surface area contributed by atoms with E-state index in [4.69, 9.17) is 4.55 Å². The normalized spacial score (nSPS) is 16.7. The lowest BCUT2D eigenvalue weighted by atomic mass is 9.97. The molecule has 0 amide bonds. The summed E-state index contributed by atoms with van der Waals surface area (Å²) in [7, 11) is -4.40. The van der Waals surface area contributed by atoms with Crippen molar-refractivity contribution in [2.24, 2.45) is 11.8 Å². The highest BCUT2D eigenvalue weighted by molar-refractivity contribution is 7.80. The summed E-state index contributed by atoms with van der Waals surface area (Å²) in [4.78, 5) is 0. The Hall–Kier alpha value is -0.170. The van der Waals surface area contributed by atoms with Crippen molar-refractivity contribution in [3.63, 3.8) is 0 Å². The van der Waals surface area contributed by atoms with Gasteiger partial charge < -0.3 is 5.11 Å². The number of hydrogen-bond donors (Lipinski definition) is 2.